The Hall–Kier alpha value is -2.24. The fourth-order valence-electron chi connectivity index (χ4n) is 2.65. The van der Waals surface area contributed by atoms with Crippen molar-refractivity contribution >= 4 is 17.2 Å². The van der Waals surface area contributed by atoms with E-state index in [0.717, 1.165) is 10.6 Å². The molecule has 136 valence electrons. The summed E-state index contributed by atoms with van der Waals surface area (Å²) in [5.41, 5.74) is 0.386. The summed E-state index contributed by atoms with van der Waals surface area (Å²) >= 11 is 1.40. The highest BCUT2D eigenvalue weighted by Gasteiger charge is 2.42. The summed E-state index contributed by atoms with van der Waals surface area (Å²) in [4.78, 5) is 17.9. The van der Waals surface area contributed by atoms with Crippen LogP contribution in [0.1, 0.15) is 30.9 Å². The number of nitrogens with zero attached hydrogens (tertiary/aromatic N) is 2. The van der Waals surface area contributed by atoms with Gasteiger partial charge in [0, 0.05) is 43.1 Å². The maximum absolute atomic E-state index is 12.0. The lowest BCUT2D eigenvalue weighted by atomic mass is 10.0. The van der Waals surface area contributed by atoms with Crippen molar-refractivity contribution in [2.75, 3.05) is 20.2 Å². The summed E-state index contributed by atoms with van der Waals surface area (Å²) in [6.07, 6.45) is -0.729. The molecule has 2 atom stereocenters. The van der Waals surface area contributed by atoms with Crippen LogP contribution in [-0.2, 0) is 9.53 Å². The molecule has 0 radical (unpaired) electrons. The minimum absolute atomic E-state index is 0.306. The van der Waals surface area contributed by atoms with Crippen molar-refractivity contribution in [3.8, 4) is 22.4 Å². The fourth-order valence-corrected chi connectivity index (χ4v) is 3.47. The molecule has 0 aliphatic carbocycles. The lowest BCUT2D eigenvalue weighted by molar-refractivity contribution is -0.137. The van der Waals surface area contributed by atoms with Crippen molar-refractivity contribution in [2.45, 2.75) is 25.2 Å². The van der Waals surface area contributed by atoms with Crippen LogP contribution < -0.4 is 0 Å². The fraction of sp³-hybridized carbons (Fsp3) is 0.368. The number of likely N-dealkylation sites (tertiary alicyclic amines) is 1. The van der Waals surface area contributed by atoms with Crippen molar-refractivity contribution in [1.29, 1.82) is 0 Å². The molecule has 2 aromatic rings. The van der Waals surface area contributed by atoms with Gasteiger partial charge in [-0.15, -0.1) is 11.3 Å². The highest BCUT2D eigenvalue weighted by molar-refractivity contribution is 7.13. The average molecular weight is 372 g/mol. The van der Waals surface area contributed by atoms with Gasteiger partial charge in [0.15, 0.2) is 6.29 Å². The van der Waals surface area contributed by atoms with Gasteiger partial charge in [0.2, 0.25) is 5.60 Å². The molecule has 3 rings (SSSR count). The molecule has 1 aromatic carbocycles. The van der Waals surface area contributed by atoms with E-state index in [1.807, 2.05) is 24.3 Å². The van der Waals surface area contributed by atoms with E-state index in [-0.39, 0.29) is 5.91 Å². The van der Waals surface area contributed by atoms with Crippen molar-refractivity contribution in [2.24, 2.45) is 0 Å². The number of ether oxygens (including phenoxy) is 1. The van der Waals surface area contributed by atoms with Crippen LogP contribution in [0, 0.1) is 11.8 Å². The van der Waals surface area contributed by atoms with E-state index in [0.29, 0.717) is 30.8 Å². The number of rotatable bonds is 4. The van der Waals surface area contributed by atoms with Gasteiger partial charge in [0.05, 0.1) is 0 Å². The largest absolute Gasteiger partial charge is 0.369 e. The summed E-state index contributed by atoms with van der Waals surface area (Å²) in [7, 11) is 1.65. The standard InChI is InChI=1S/C19H20N2O4S/c1-3-25-17(22)15-12-26-16(20-15)14-6-4-5-13(11-14)7-8-19(24)9-10-21(2)18(19)23/h4-6,11-12,17,22,24H,3,9-10H2,1-2H3. The van der Waals surface area contributed by atoms with Gasteiger partial charge < -0.3 is 19.8 Å². The van der Waals surface area contributed by atoms with E-state index in [1.165, 1.54) is 16.2 Å². The van der Waals surface area contributed by atoms with Gasteiger partial charge >= 0.3 is 0 Å². The number of aromatic nitrogens is 1. The summed E-state index contributed by atoms with van der Waals surface area (Å²) in [5, 5.41) is 22.7. The monoisotopic (exact) mass is 372 g/mol. The van der Waals surface area contributed by atoms with Crippen LogP contribution in [0.3, 0.4) is 0 Å². The second-order valence-electron chi connectivity index (χ2n) is 6.05. The number of likely N-dealkylation sites (N-methyl/N-ethyl adjacent to an activating group) is 1. The molecule has 2 unspecified atom stereocenters. The quantitative estimate of drug-likeness (QED) is 0.631. The molecule has 0 bridgehead atoms. The van der Waals surface area contributed by atoms with Crippen molar-refractivity contribution < 1.29 is 19.7 Å². The second kappa shape index (κ2) is 7.56. The minimum Gasteiger partial charge on any atom is -0.369 e. The Morgan fingerprint density at radius 1 is 1.50 bits per heavy atom. The average Bonchev–Trinajstić information content (AvgIpc) is 3.23. The topological polar surface area (TPSA) is 82.9 Å². The van der Waals surface area contributed by atoms with E-state index in [1.54, 1.807) is 19.4 Å². The number of thiazole rings is 1. The molecule has 0 saturated carbocycles. The summed E-state index contributed by atoms with van der Waals surface area (Å²) in [5.74, 6) is 5.24. The first-order valence-corrected chi connectivity index (χ1v) is 9.17. The van der Waals surface area contributed by atoms with Crippen LogP contribution in [0.5, 0.6) is 0 Å². The van der Waals surface area contributed by atoms with Gasteiger partial charge in [-0.3, -0.25) is 4.79 Å². The van der Waals surface area contributed by atoms with E-state index in [4.69, 9.17) is 4.74 Å². The SMILES string of the molecule is CCOC(O)c1csc(-c2cccc(C#CC3(O)CCN(C)C3=O)c2)n1. The van der Waals surface area contributed by atoms with Crippen LogP contribution in [0.2, 0.25) is 0 Å². The van der Waals surface area contributed by atoms with E-state index >= 15 is 0 Å². The van der Waals surface area contributed by atoms with Crippen LogP contribution in [-0.4, -0.2) is 51.8 Å². The number of aliphatic hydroxyl groups is 2. The molecule has 7 heteroatoms. The van der Waals surface area contributed by atoms with Crippen LogP contribution in [0.25, 0.3) is 10.6 Å². The van der Waals surface area contributed by atoms with E-state index in [9.17, 15) is 15.0 Å². The Labute approximate surface area is 156 Å². The number of amides is 1. The molecule has 0 spiro atoms. The number of carbonyl (C=O) groups is 1. The number of hydrogen-bond acceptors (Lipinski definition) is 6. The van der Waals surface area contributed by atoms with Crippen LogP contribution in [0.15, 0.2) is 29.6 Å². The Kier molecular flexibility index (Phi) is 5.39. The van der Waals surface area contributed by atoms with Gasteiger partial charge in [0.25, 0.3) is 5.91 Å². The van der Waals surface area contributed by atoms with Gasteiger partial charge in [-0.2, -0.15) is 0 Å². The van der Waals surface area contributed by atoms with Gasteiger partial charge in [-0.25, -0.2) is 4.98 Å². The number of carbonyl (C=O) groups excluding carboxylic acids is 1. The molecule has 6 nitrogen and oxygen atoms in total. The lowest BCUT2D eigenvalue weighted by Gasteiger charge is -2.13. The third-order valence-corrected chi connectivity index (χ3v) is 5.04. The first kappa shape index (κ1) is 18.5. The zero-order chi connectivity index (χ0) is 18.7. The van der Waals surface area contributed by atoms with Crippen molar-refractivity contribution in [3.05, 3.63) is 40.9 Å². The number of hydrogen-bond donors (Lipinski definition) is 2. The molecule has 1 fully saturated rings. The maximum Gasteiger partial charge on any atom is 0.267 e. The number of aliphatic hydroxyl groups excluding tert-OH is 1. The smallest absolute Gasteiger partial charge is 0.267 e. The molecule has 26 heavy (non-hydrogen) atoms. The normalized spacial score (nSPS) is 20.8. The predicted octanol–water partition coefficient (Wildman–Crippen LogP) is 1.78. The molecule has 1 saturated heterocycles. The zero-order valence-electron chi connectivity index (χ0n) is 14.6. The first-order chi connectivity index (χ1) is 12.4. The Morgan fingerprint density at radius 2 is 2.31 bits per heavy atom. The second-order valence-corrected chi connectivity index (χ2v) is 6.91. The van der Waals surface area contributed by atoms with Crippen LogP contribution in [0.4, 0.5) is 0 Å². The summed E-state index contributed by atoms with van der Waals surface area (Å²) in [6, 6.07) is 7.39. The molecular formula is C19H20N2O4S. The lowest BCUT2D eigenvalue weighted by Crippen LogP contribution is -2.37. The van der Waals surface area contributed by atoms with Gasteiger partial charge in [0.1, 0.15) is 10.7 Å². The molecule has 2 N–H and O–H groups in total. The molecular weight excluding hydrogens is 352 g/mol. The van der Waals surface area contributed by atoms with E-state index in [2.05, 4.69) is 16.8 Å². The maximum atomic E-state index is 12.0. The molecule has 1 aromatic heterocycles. The third-order valence-electron chi connectivity index (χ3n) is 4.13. The third kappa shape index (κ3) is 3.79. The number of benzene rings is 1. The summed E-state index contributed by atoms with van der Waals surface area (Å²) < 4.78 is 5.14. The minimum atomic E-state index is -1.61. The van der Waals surface area contributed by atoms with Crippen LogP contribution >= 0.6 is 11.3 Å². The Morgan fingerprint density at radius 3 is 3.00 bits per heavy atom. The first-order valence-electron chi connectivity index (χ1n) is 8.29. The highest BCUT2D eigenvalue weighted by Crippen LogP contribution is 2.27. The Bertz CT molecular complexity index is 870. The molecule has 2 heterocycles. The van der Waals surface area contributed by atoms with Gasteiger partial charge in [-0.1, -0.05) is 24.0 Å². The summed E-state index contributed by atoms with van der Waals surface area (Å²) in [6.45, 7) is 2.70. The molecule has 1 amide bonds. The molecule has 1 aliphatic heterocycles. The predicted molar refractivity (Wildman–Crippen MR) is 98.2 cm³/mol. The van der Waals surface area contributed by atoms with Crippen molar-refractivity contribution in [1.82, 2.24) is 9.88 Å². The van der Waals surface area contributed by atoms with Gasteiger partial charge in [-0.05, 0) is 19.1 Å². The van der Waals surface area contributed by atoms with Crippen molar-refractivity contribution in [3.63, 3.8) is 0 Å². The zero-order valence-corrected chi connectivity index (χ0v) is 15.4. The molecule has 1 aliphatic rings. The van der Waals surface area contributed by atoms with E-state index < -0.39 is 11.9 Å². The Balaban J connectivity index is 1.82. The highest BCUT2D eigenvalue weighted by atomic mass is 32.1.